The lowest BCUT2D eigenvalue weighted by atomic mass is 10.1. The molecule has 0 atom stereocenters. The fourth-order valence-corrected chi connectivity index (χ4v) is 2.14. The number of hydrogen-bond acceptors (Lipinski definition) is 4. The molecule has 0 aliphatic carbocycles. The minimum absolute atomic E-state index is 0.0464. The van der Waals surface area contributed by atoms with Crippen molar-refractivity contribution in [1.29, 1.82) is 5.41 Å². The van der Waals surface area contributed by atoms with Crippen molar-refractivity contribution in [3.8, 4) is 0 Å². The average molecular weight is 269 g/mol. The first kappa shape index (κ1) is 14.0. The lowest BCUT2D eigenvalue weighted by Gasteiger charge is -2.24. The maximum absolute atomic E-state index is 7.76. The number of nitrogens with one attached hydrogen (secondary N) is 1. The molecule has 0 aliphatic heterocycles. The molecule has 3 N–H and O–H groups in total. The van der Waals surface area contributed by atoms with Gasteiger partial charge in [-0.2, -0.15) is 0 Å². The van der Waals surface area contributed by atoms with Gasteiger partial charge in [0.05, 0.1) is 17.8 Å². The van der Waals surface area contributed by atoms with E-state index in [-0.39, 0.29) is 5.84 Å². The molecule has 2 rings (SSSR count). The van der Waals surface area contributed by atoms with Gasteiger partial charge in [-0.3, -0.25) is 10.4 Å². The molecule has 0 fully saturated rings. The third-order valence-corrected chi connectivity index (χ3v) is 3.17. The van der Waals surface area contributed by atoms with Crippen LogP contribution in [-0.4, -0.2) is 22.3 Å². The van der Waals surface area contributed by atoms with Crippen LogP contribution < -0.4 is 10.6 Å². The van der Waals surface area contributed by atoms with Crippen molar-refractivity contribution in [1.82, 2.24) is 9.97 Å². The van der Waals surface area contributed by atoms with E-state index in [1.165, 1.54) is 0 Å². The molecule has 0 aromatic carbocycles. The summed E-state index contributed by atoms with van der Waals surface area (Å²) in [5.41, 5.74) is 8.33. The van der Waals surface area contributed by atoms with E-state index in [2.05, 4.69) is 21.8 Å². The van der Waals surface area contributed by atoms with E-state index < -0.39 is 0 Å². The number of rotatable bonds is 5. The van der Waals surface area contributed by atoms with Crippen LogP contribution in [0.25, 0.3) is 0 Å². The molecule has 0 spiro atoms. The Morgan fingerprint density at radius 2 is 2.05 bits per heavy atom. The molecule has 0 radical (unpaired) electrons. The highest BCUT2D eigenvalue weighted by Crippen LogP contribution is 2.21. The third kappa shape index (κ3) is 2.93. The number of anilines is 1. The van der Waals surface area contributed by atoms with Crippen LogP contribution in [0.5, 0.6) is 0 Å². The SMILES string of the molecule is CCN(Cc1ccccn1)c1nccc(C)c1C(=N)N. The summed E-state index contributed by atoms with van der Waals surface area (Å²) < 4.78 is 0. The number of nitrogens with two attached hydrogens (primary N) is 1. The third-order valence-electron chi connectivity index (χ3n) is 3.17. The number of aryl methyl sites for hydroxylation is 1. The van der Waals surface area contributed by atoms with Crippen LogP contribution in [0, 0.1) is 12.3 Å². The summed E-state index contributed by atoms with van der Waals surface area (Å²) in [7, 11) is 0. The Balaban J connectivity index is 2.37. The molecule has 2 aromatic heterocycles. The molecule has 0 saturated carbocycles. The first-order valence-electron chi connectivity index (χ1n) is 6.58. The standard InChI is InChI=1S/C15H19N5/c1-3-20(10-12-6-4-5-8-18-12)15-13(14(16)17)11(2)7-9-19-15/h4-9H,3,10H2,1-2H3,(H3,16,17). The highest BCUT2D eigenvalue weighted by Gasteiger charge is 2.16. The van der Waals surface area contributed by atoms with E-state index in [1.54, 1.807) is 12.4 Å². The zero-order valence-electron chi connectivity index (χ0n) is 11.8. The molecule has 0 amide bonds. The highest BCUT2D eigenvalue weighted by molar-refractivity contribution is 6.00. The van der Waals surface area contributed by atoms with Gasteiger partial charge in [-0.05, 0) is 37.6 Å². The van der Waals surface area contributed by atoms with Crippen molar-refractivity contribution in [2.24, 2.45) is 5.73 Å². The number of aromatic nitrogens is 2. The van der Waals surface area contributed by atoms with E-state index in [0.717, 1.165) is 23.6 Å². The van der Waals surface area contributed by atoms with Gasteiger partial charge in [0.15, 0.2) is 0 Å². The Kier molecular flexibility index (Phi) is 4.30. The zero-order chi connectivity index (χ0) is 14.5. The molecule has 5 heteroatoms. The molecule has 104 valence electrons. The summed E-state index contributed by atoms with van der Waals surface area (Å²) in [5.74, 6) is 0.788. The van der Waals surface area contributed by atoms with Gasteiger partial charge < -0.3 is 10.6 Å². The first-order valence-corrected chi connectivity index (χ1v) is 6.58. The number of nitrogen functional groups attached to an aromatic ring is 1. The van der Waals surface area contributed by atoms with Crippen LogP contribution in [0.15, 0.2) is 36.7 Å². The van der Waals surface area contributed by atoms with Gasteiger partial charge >= 0.3 is 0 Å². The summed E-state index contributed by atoms with van der Waals surface area (Å²) in [6.45, 7) is 5.41. The monoisotopic (exact) mass is 269 g/mol. The Morgan fingerprint density at radius 3 is 2.65 bits per heavy atom. The second-order valence-corrected chi connectivity index (χ2v) is 4.58. The number of amidine groups is 1. The second-order valence-electron chi connectivity index (χ2n) is 4.58. The van der Waals surface area contributed by atoms with Crippen LogP contribution in [0.2, 0.25) is 0 Å². The predicted octanol–water partition coefficient (Wildman–Crippen LogP) is 2.10. The first-order chi connectivity index (χ1) is 9.63. The van der Waals surface area contributed by atoms with E-state index in [0.29, 0.717) is 12.1 Å². The molecule has 0 unspecified atom stereocenters. The van der Waals surface area contributed by atoms with Crippen LogP contribution >= 0.6 is 0 Å². The van der Waals surface area contributed by atoms with Crippen LogP contribution in [0.1, 0.15) is 23.7 Å². The molecule has 2 heterocycles. The van der Waals surface area contributed by atoms with Crippen molar-refractivity contribution in [3.05, 3.63) is 53.5 Å². The molecule has 0 saturated heterocycles. The number of nitrogens with zero attached hydrogens (tertiary/aromatic N) is 3. The maximum atomic E-state index is 7.76. The summed E-state index contributed by atoms with van der Waals surface area (Å²) in [6, 6.07) is 7.71. The molecule has 2 aromatic rings. The second kappa shape index (κ2) is 6.14. The highest BCUT2D eigenvalue weighted by atomic mass is 15.2. The van der Waals surface area contributed by atoms with E-state index in [4.69, 9.17) is 11.1 Å². The Labute approximate surface area is 119 Å². The Morgan fingerprint density at radius 1 is 1.25 bits per heavy atom. The topological polar surface area (TPSA) is 78.9 Å². The largest absolute Gasteiger partial charge is 0.384 e. The summed E-state index contributed by atoms with van der Waals surface area (Å²) in [6.07, 6.45) is 3.52. The van der Waals surface area contributed by atoms with E-state index in [9.17, 15) is 0 Å². The van der Waals surface area contributed by atoms with Crippen molar-refractivity contribution in [3.63, 3.8) is 0 Å². The van der Waals surface area contributed by atoms with Gasteiger partial charge in [-0.1, -0.05) is 6.07 Å². The smallest absolute Gasteiger partial charge is 0.140 e. The van der Waals surface area contributed by atoms with Gasteiger partial charge in [-0.15, -0.1) is 0 Å². The lowest BCUT2D eigenvalue weighted by Crippen LogP contribution is -2.28. The summed E-state index contributed by atoms with van der Waals surface area (Å²) in [4.78, 5) is 10.8. The zero-order valence-corrected chi connectivity index (χ0v) is 11.8. The predicted molar refractivity (Wildman–Crippen MR) is 81.0 cm³/mol. The molecule has 0 bridgehead atoms. The van der Waals surface area contributed by atoms with Crippen LogP contribution in [0.4, 0.5) is 5.82 Å². The van der Waals surface area contributed by atoms with E-state index in [1.807, 2.05) is 31.2 Å². The summed E-state index contributed by atoms with van der Waals surface area (Å²) in [5, 5.41) is 7.76. The lowest BCUT2D eigenvalue weighted by molar-refractivity contribution is 0.791. The molecular weight excluding hydrogens is 250 g/mol. The van der Waals surface area contributed by atoms with Crippen molar-refractivity contribution in [2.45, 2.75) is 20.4 Å². The maximum Gasteiger partial charge on any atom is 0.140 e. The minimum atomic E-state index is 0.0464. The van der Waals surface area contributed by atoms with Crippen LogP contribution in [0.3, 0.4) is 0 Å². The van der Waals surface area contributed by atoms with Gasteiger partial charge in [-0.25, -0.2) is 4.98 Å². The van der Waals surface area contributed by atoms with Crippen molar-refractivity contribution >= 4 is 11.7 Å². The van der Waals surface area contributed by atoms with E-state index >= 15 is 0 Å². The fourth-order valence-electron chi connectivity index (χ4n) is 2.14. The molecular formula is C15H19N5. The minimum Gasteiger partial charge on any atom is -0.384 e. The quantitative estimate of drug-likeness (QED) is 0.643. The number of pyridine rings is 2. The average Bonchev–Trinajstić information content (AvgIpc) is 2.45. The van der Waals surface area contributed by atoms with Gasteiger partial charge in [0, 0.05) is 18.9 Å². The summed E-state index contributed by atoms with van der Waals surface area (Å²) >= 11 is 0. The van der Waals surface area contributed by atoms with Gasteiger partial charge in [0.2, 0.25) is 0 Å². The van der Waals surface area contributed by atoms with Crippen molar-refractivity contribution < 1.29 is 0 Å². The van der Waals surface area contributed by atoms with Crippen LogP contribution in [-0.2, 0) is 6.54 Å². The Bertz CT molecular complexity index is 594. The molecule has 20 heavy (non-hydrogen) atoms. The fraction of sp³-hybridized carbons (Fsp3) is 0.267. The normalized spacial score (nSPS) is 10.3. The molecule has 5 nitrogen and oxygen atoms in total. The Hall–Kier alpha value is -2.43. The van der Waals surface area contributed by atoms with Gasteiger partial charge in [0.1, 0.15) is 11.7 Å². The number of hydrogen-bond donors (Lipinski definition) is 2. The molecule has 0 aliphatic rings. The van der Waals surface area contributed by atoms with Gasteiger partial charge in [0.25, 0.3) is 0 Å². The van der Waals surface area contributed by atoms with Crippen molar-refractivity contribution in [2.75, 3.05) is 11.4 Å².